The van der Waals surface area contributed by atoms with Crippen LogP contribution in [0.2, 0.25) is 0 Å². The Morgan fingerprint density at radius 1 is 1.11 bits per heavy atom. The molecule has 4 aromatic rings. The lowest BCUT2D eigenvalue weighted by molar-refractivity contribution is 0.0954. The molecule has 3 heterocycles. The molecule has 3 aromatic heterocycles. The molecule has 0 aliphatic heterocycles. The van der Waals surface area contributed by atoms with Gasteiger partial charge >= 0.3 is 0 Å². The molecule has 4 rings (SSSR count). The second-order valence-electron chi connectivity index (χ2n) is 6.29. The molecule has 7 heteroatoms. The normalized spacial score (nSPS) is 10.8. The number of hydrogen-bond acceptors (Lipinski definition) is 4. The number of carbonyl (C=O) groups is 1. The zero-order chi connectivity index (χ0) is 19.5. The summed E-state index contributed by atoms with van der Waals surface area (Å²) in [5.41, 5.74) is 2.42. The van der Waals surface area contributed by atoms with Crippen molar-refractivity contribution in [1.82, 2.24) is 19.4 Å². The number of hydrogen-bond donors (Lipinski definition) is 1. The van der Waals surface area contributed by atoms with E-state index < -0.39 is 0 Å². The highest BCUT2D eigenvalue weighted by Gasteiger charge is 2.09. The summed E-state index contributed by atoms with van der Waals surface area (Å²) in [7, 11) is 0. The highest BCUT2D eigenvalue weighted by Crippen LogP contribution is 2.15. The number of amides is 1. The van der Waals surface area contributed by atoms with Gasteiger partial charge in [0.05, 0.1) is 23.4 Å². The fourth-order valence-corrected chi connectivity index (χ4v) is 3.62. The molecule has 142 valence electrons. The van der Waals surface area contributed by atoms with Crippen molar-refractivity contribution in [2.75, 3.05) is 0 Å². The summed E-state index contributed by atoms with van der Waals surface area (Å²) in [5, 5.41) is 2.89. The third-order valence-electron chi connectivity index (χ3n) is 4.28. The molecule has 0 saturated heterocycles. The van der Waals surface area contributed by atoms with Gasteiger partial charge in [0.15, 0.2) is 0 Å². The average molecular weight is 392 g/mol. The van der Waals surface area contributed by atoms with E-state index in [0.29, 0.717) is 11.4 Å². The number of rotatable bonds is 5. The monoisotopic (exact) mass is 392 g/mol. The van der Waals surface area contributed by atoms with E-state index in [4.69, 9.17) is 0 Å². The molecule has 0 bridgehead atoms. The minimum atomic E-state index is -0.0923. The third kappa shape index (κ3) is 3.79. The Bertz CT molecular complexity index is 1180. The number of imidazole rings is 1. The first kappa shape index (κ1) is 17.9. The molecule has 0 aliphatic carbocycles. The number of benzene rings is 1. The van der Waals surface area contributed by atoms with Crippen LogP contribution < -0.4 is 10.9 Å². The zero-order valence-electron chi connectivity index (χ0n) is 15.2. The SMILES string of the molecule is Cc1ccc(C(=O)NCc2cn(-c3ccc(-n4ccccc4=O)cc3)cn2)s1.[HH]. The van der Waals surface area contributed by atoms with Crippen LogP contribution in [0.4, 0.5) is 0 Å². The van der Waals surface area contributed by atoms with Crippen LogP contribution in [-0.2, 0) is 6.54 Å². The largest absolute Gasteiger partial charge is 0.346 e. The van der Waals surface area contributed by atoms with Crippen LogP contribution in [0.25, 0.3) is 11.4 Å². The summed E-state index contributed by atoms with van der Waals surface area (Å²) >= 11 is 1.47. The molecule has 0 aliphatic rings. The maximum Gasteiger partial charge on any atom is 0.261 e. The van der Waals surface area contributed by atoms with Crippen molar-refractivity contribution in [1.29, 1.82) is 0 Å². The molecule has 0 saturated carbocycles. The highest BCUT2D eigenvalue weighted by atomic mass is 32.1. The van der Waals surface area contributed by atoms with Gasteiger partial charge in [0.1, 0.15) is 0 Å². The minimum absolute atomic E-state index is 0. The van der Waals surface area contributed by atoms with E-state index in [2.05, 4.69) is 10.3 Å². The Labute approximate surface area is 167 Å². The second-order valence-corrected chi connectivity index (χ2v) is 7.58. The van der Waals surface area contributed by atoms with Gasteiger partial charge in [-0.1, -0.05) is 6.07 Å². The lowest BCUT2D eigenvalue weighted by Crippen LogP contribution is -2.21. The van der Waals surface area contributed by atoms with E-state index in [0.717, 1.165) is 21.9 Å². The first-order valence-corrected chi connectivity index (χ1v) is 9.58. The van der Waals surface area contributed by atoms with E-state index in [1.54, 1.807) is 23.2 Å². The molecule has 6 nitrogen and oxygen atoms in total. The smallest absolute Gasteiger partial charge is 0.261 e. The van der Waals surface area contributed by atoms with E-state index >= 15 is 0 Å². The summed E-state index contributed by atoms with van der Waals surface area (Å²) in [6.07, 6.45) is 5.33. The molecular weight excluding hydrogens is 372 g/mol. The Morgan fingerprint density at radius 3 is 2.61 bits per heavy atom. The molecule has 1 amide bonds. The zero-order valence-corrected chi connectivity index (χ0v) is 16.0. The number of nitrogens with zero attached hydrogens (tertiary/aromatic N) is 3. The third-order valence-corrected chi connectivity index (χ3v) is 5.28. The van der Waals surface area contributed by atoms with E-state index in [9.17, 15) is 9.59 Å². The van der Waals surface area contributed by atoms with Crippen LogP contribution in [-0.4, -0.2) is 20.0 Å². The van der Waals surface area contributed by atoms with Gasteiger partial charge in [-0.05, 0) is 49.4 Å². The fraction of sp³-hybridized carbons (Fsp3) is 0.0952. The topological polar surface area (TPSA) is 68.9 Å². The molecule has 1 aromatic carbocycles. The van der Waals surface area contributed by atoms with Gasteiger partial charge in [-0.3, -0.25) is 14.2 Å². The fourth-order valence-electron chi connectivity index (χ4n) is 2.84. The summed E-state index contributed by atoms with van der Waals surface area (Å²) in [6.45, 7) is 2.34. The Balaban J connectivity index is 0.00000240. The van der Waals surface area contributed by atoms with Crippen LogP contribution in [0.5, 0.6) is 0 Å². The maximum absolute atomic E-state index is 12.1. The number of aryl methyl sites for hydroxylation is 1. The summed E-state index contributed by atoms with van der Waals surface area (Å²) in [4.78, 5) is 30.2. The lowest BCUT2D eigenvalue weighted by Gasteiger charge is -2.07. The first-order chi connectivity index (χ1) is 13.6. The number of thiophene rings is 1. The Morgan fingerprint density at radius 2 is 1.89 bits per heavy atom. The van der Waals surface area contributed by atoms with Crippen molar-refractivity contribution < 1.29 is 6.22 Å². The first-order valence-electron chi connectivity index (χ1n) is 8.76. The summed E-state index contributed by atoms with van der Waals surface area (Å²) in [6, 6.07) is 16.5. The Kier molecular flexibility index (Phi) is 4.90. The Hall–Kier alpha value is -3.45. The number of nitrogens with one attached hydrogen (secondary N) is 1. The van der Waals surface area contributed by atoms with Gasteiger partial charge in [-0.25, -0.2) is 4.98 Å². The van der Waals surface area contributed by atoms with Crippen molar-refractivity contribution in [3.63, 3.8) is 0 Å². The van der Waals surface area contributed by atoms with Crippen molar-refractivity contribution >= 4 is 17.2 Å². The molecule has 0 radical (unpaired) electrons. The van der Waals surface area contributed by atoms with E-state index in [1.807, 2.05) is 60.2 Å². The average Bonchev–Trinajstić information content (AvgIpc) is 3.36. The molecular formula is C21H20N4O2S. The molecule has 0 unspecified atom stereocenters. The van der Waals surface area contributed by atoms with Crippen molar-refractivity contribution in [3.05, 3.63) is 99.1 Å². The van der Waals surface area contributed by atoms with Crippen molar-refractivity contribution in [3.8, 4) is 11.4 Å². The standard InChI is InChI=1S/C21H18N4O2S.H2/c1-15-5-10-19(28-15)21(27)22-12-16-13-24(14-23-16)17-6-8-18(9-7-17)25-11-3-2-4-20(25)26;/h2-11,13-14H,12H2,1H3,(H,22,27);1H. The summed E-state index contributed by atoms with van der Waals surface area (Å²) < 4.78 is 3.47. The van der Waals surface area contributed by atoms with E-state index in [-0.39, 0.29) is 12.9 Å². The van der Waals surface area contributed by atoms with Gasteiger partial charge in [0.25, 0.3) is 11.5 Å². The molecule has 0 spiro atoms. The molecule has 0 atom stereocenters. The van der Waals surface area contributed by atoms with Gasteiger partial charge in [0, 0.05) is 36.1 Å². The number of aromatic nitrogens is 3. The number of carbonyl (C=O) groups excluding carboxylic acids is 1. The van der Waals surface area contributed by atoms with Gasteiger partial charge in [-0.2, -0.15) is 0 Å². The van der Waals surface area contributed by atoms with Gasteiger partial charge < -0.3 is 9.88 Å². The minimum Gasteiger partial charge on any atom is -0.346 e. The van der Waals surface area contributed by atoms with Crippen LogP contribution in [0.15, 0.2) is 78.1 Å². The second kappa shape index (κ2) is 7.66. The lowest BCUT2D eigenvalue weighted by atomic mass is 10.2. The van der Waals surface area contributed by atoms with Gasteiger partial charge in [0.2, 0.25) is 0 Å². The maximum atomic E-state index is 12.1. The van der Waals surface area contributed by atoms with Crippen LogP contribution in [0.3, 0.4) is 0 Å². The quantitative estimate of drug-likeness (QED) is 0.565. The summed E-state index contributed by atoms with van der Waals surface area (Å²) in [5.74, 6) is -0.0923. The molecule has 1 N–H and O–H groups in total. The predicted molar refractivity (Wildman–Crippen MR) is 112 cm³/mol. The predicted octanol–water partition coefficient (Wildman–Crippen LogP) is 3.57. The van der Waals surface area contributed by atoms with Crippen LogP contribution in [0, 0.1) is 6.92 Å². The molecule has 28 heavy (non-hydrogen) atoms. The van der Waals surface area contributed by atoms with E-state index in [1.165, 1.54) is 17.4 Å². The van der Waals surface area contributed by atoms with Crippen molar-refractivity contribution in [2.45, 2.75) is 13.5 Å². The van der Waals surface area contributed by atoms with Crippen LogP contribution >= 0.6 is 11.3 Å². The van der Waals surface area contributed by atoms with Crippen LogP contribution in [0.1, 0.15) is 21.7 Å². The number of pyridine rings is 1. The molecule has 0 fully saturated rings. The van der Waals surface area contributed by atoms with Gasteiger partial charge in [-0.15, -0.1) is 11.3 Å². The highest BCUT2D eigenvalue weighted by molar-refractivity contribution is 7.13. The van der Waals surface area contributed by atoms with Crippen molar-refractivity contribution in [2.24, 2.45) is 0 Å².